The number of aryl methyl sites for hydroxylation is 1. The lowest BCUT2D eigenvalue weighted by Gasteiger charge is -2.32. The second-order valence-electron chi connectivity index (χ2n) is 6.79. The highest BCUT2D eigenvalue weighted by molar-refractivity contribution is 6.35. The molecule has 1 fully saturated rings. The van der Waals surface area contributed by atoms with Gasteiger partial charge in [-0.25, -0.2) is 0 Å². The van der Waals surface area contributed by atoms with Gasteiger partial charge in [-0.15, -0.1) is 0 Å². The third-order valence-corrected chi connectivity index (χ3v) is 5.49. The highest BCUT2D eigenvalue weighted by Crippen LogP contribution is 2.29. The first-order valence-corrected chi connectivity index (χ1v) is 9.40. The van der Waals surface area contributed by atoms with Crippen molar-refractivity contribution >= 4 is 28.4 Å². The summed E-state index contributed by atoms with van der Waals surface area (Å²) in [5.74, 6) is 0.645. The molecule has 3 heterocycles. The van der Waals surface area contributed by atoms with Crippen LogP contribution in [-0.2, 0) is 6.54 Å². The van der Waals surface area contributed by atoms with E-state index in [1.165, 1.54) is 0 Å². The van der Waals surface area contributed by atoms with Crippen LogP contribution in [0.1, 0.15) is 29.6 Å². The van der Waals surface area contributed by atoms with Gasteiger partial charge >= 0.3 is 0 Å². The van der Waals surface area contributed by atoms with Crippen molar-refractivity contribution in [2.75, 3.05) is 13.1 Å². The van der Waals surface area contributed by atoms with E-state index in [1.807, 2.05) is 46.2 Å². The number of carbonyl (C=O) groups is 1. The van der Waals surface area contributed by atoms with E-state index in [9.17, 15) is 4.79 Å². The zero-order valence-electron chi connectivity index (χ0n) is 14.5. The second kappa shape index (κ2) is 7.46. The molecule has 4 rings (SSSR count). The molecule has 0 unspecified atom stereocenters. The fourth-order valence-electron chi connectivity index (χ4n) is 3.67. The lowest BCUT2D eigenvalue weighted by Crippen LogP contribution is -2.38. The summed E-state index contributed by atoms with van der Waals surface area (Å²) in [6.07, 6.45) is 8.68. The Morgan fingerprint density at radius 2 is 2.00 bits per heavy atom. The molecular weight excluding hydrogens is 348 g/mol. The number of nitrogens with zero attached hydrogens (tertiary/aromatic N) is 4. The van der Waals surface area contributed by atoms with Gasteiger partial charge in [0, 0.05) is 43.6 Å². The van der Waals surface area contributed by atoms with Gasteiger partial charge in [0.1, 0.15) is 0 Å². The van der Waals surface area contributed by atoms with Crippen LogP contribution in [0.15, 0.2) is 48.9 Å². The number of piperidine rings is 1. The summed E-state index contributed by atoms with van der Waals surface area (Å²) in [5, 5.41) is 5.58. The molecule has 5 nitrogen and oxygen atoms in total. The van der Waals surface area contributed by atoms with Gasteiger partial charge in [-0.3, -0.25) is 14.5 Å². The molecular formula is C20H21ClN4O. The molecule has 0 spiro atoms. The number of pyridine rings is 1. The van der Waals surface area contributed by atoms with E-state index in [0.717, 1.165) is 49.8 Å². The Kier molecular flexibility index (Phi) is 4.89. The van der Waals surface area contributed by atoms with E-state index < -0.39 is 0 Å². The van der Waals surface area contributed by atoms with Gasteiger partial charge in [-0.1, -0.05) is 17.7 Å². The van der Waals surface area contributed by atoms with Crippen LogP contribution in [0.5, 0.6) is 0 Å². The van der Waals surface area contributed by atoms with Gasteiger partial charge in [-0.2, -0.15) is 5.10 Å². The van der Waals surface area contributed by atoms with E-state index in [0.29, 0.717) is 16.5 Å². The van der Waals surface area contributed by atoms with Crippen LogP contribution in [0.25, 0.3) is 10.9 Å². The summed E-state index contributed by atoms with van der Waals surface area (Å²) in [4.78, 5) is 19.3. The van der Waals surface area contributed by atoms with Gasteiger partial charge in [0.05, 0.1) is 16.1 Å². The maximum Gasteiger partial charge on any atom is 0.256 e. The van der Waals surface area contributed by atoms with E-state index in [2.05, 4.69) is 10.1 Å². The number of benzene rings is 1. The minimum atomic E-state index is 0.0131. The predicted molar refractivity (Wildman–Crippen MR) is 102 cm³/mol. The molecule has 0 radical (unpaired) electrons. The summed E-state index contributed by atoms with van der Waals surface area (Å²) in [5.41, 5.74) is 1.38. The summed E-state index contributed by atoms with van der Waals surface area (Å²) in [6.45, 7) is 2.48. The molecule has 134 valence electrons. The van der Waals surface area contributed by atoms with Gasteiger partial charge in [0.2, 0.25) is 0 Å². The highest BCUT2D eigenvalue weighted by Gasteiger charge is 2.26. The Morgan fingerprint density at radius 1 is 1.15 bits per heavy atom. The SMILES string of the molecule is O=C(c1c(Cl)ccc2ncccc12)N1CCC(CCn2cccn2)CC1. The van der Waals surface area contributed by atoms with Crippen LogP contribution < -0.4 is 0 Å². The van der Waals surface area contributed by atoms with Crippen molar-refractivity contribution in [2.45, 2.75) is 25.8 Å². The molecule has 1 saturated heterocycles. The number of aromatic nitrogens is 3. The molecule has 26 heavy (non-hydrogen) atoms. The van der Waals surface area contributed by atoms with Crippen LogP contribution >= 0.6 is 11.6 Å². The van der Waals surface area contributed by atoms with Crippen LogP contribution in [0.2, 0.25) is 5.02 Å². The molecule has 1 aromatic carbocycles. The number of rotatable bonds is 4. The van der Waals surface area contributed by atoms with Crippen molar-refractivity contribution in [3.05, 3.63) is 59.5 Å². The Labute approximate surface area is 157 Å². The standard InChI is InChI=1S/C20H21ClN4O/c21-17-4-5-18-16(3-1-9-22-18)19(17)20(26)24-12-6-15(7-13-24)8-14-25-11-2-10-23-25/h1-5,9-11,15H,6-8,12-14H2. The molecule has 0 bridgehead atoms. The lowest BCUT2D eigenvalue weighted by molar-refractivity contribution is 0.0686. The maximum absolute atomic E-state index is 13.1. The first-order chi connectivity index (χ1) is 12.7. The molecule has 3 aromatic rings. The number of hydrogen-bond acceptors (Lipinski definition) is 3. The molecule has 2 aromatic heterocycles. The average molecular weight is 369 g/mol. The number of hydrogen-bond donors (Lipinski definition) is 0. The van der Waals surface area contributed by atoms with Gasteiger partial charge in [0.25, 0.3) is 5.91 Å². The molecule has 6 heteroatoms. The topological polar surface area (TPSA) is 51.0 Å². The Morgan fingerprint density at radius 3 is 2.77 bits per heavy atom. The van der Waals surface area contributed by atoms with Gasteiger partial charge in [-0.05, 0) is 49.4 Å². The third-order valence-electron chi connectivity index (χ3n) is 5.18. The van der Waals surface area contributed by atoms with E-state index >= 15 is 0 Å². The predicted octanol–water partition coefficient (Wildman–Crippen LogP) is 4.03. The molecule has 0 atom stereocenters. The third kappa shape index (κ3) is 3.44. The van der Waals surface area contributed by atoms with Crippen molar-refractivity contribution in [1.29, 1.82) is 0 Å². The normalized spacial score (nSPS) is 15.5. The average Bonchev–Trinajstić information content (AvgIpc) is 3.20. The molecule has 1 aliphatic rings. The Balaban J connectivity index is 1.43. The molecule has 1 aliphatic heterocycles. The fraction of sp³-hybridized carbons (Fsp3) is 0.350. The summed E-state index contributed by atoms with van der Waals surface area (Å²) < 4.78 is 1.97. The largest absolute Gasteiger partial charge is 0.339 e. The van der Waals surface area contributed by atoms with E-state index in [1.54, 1.807) is 12.3 Å². The smallest absolute Gasteiger partial charge is 0.256 e. The minimum Gasteiger partial charge on any atom is -0.339 e. The maximum atomic E-state index is 13.1. The van der Waals surface area contributed by atoms with Crippen molar-refractivity contribution in [2.24, 2.45) is 5.92 Å². The quantitative estimate of drug-likeness (QED) is 0.698. The summed E-state index contributed by atoms with van der Waals surface area (Å²) in [7, 11) is 0. The number of carbonyl (C=O) groups excluding carboxylic acids is 1. The first-order valence-electron chi connectivity index (χ1n) is 9.02. The van der Waals surface area contributed by atoms with Crippen LogP contribution in [0, 0.1) is 5.92 Å². The number of likely N-dealkylation sites (tertiary alicyclic amines) is 1. The van der Waals surface area contributed by atoms with Crippen LogP contribution in [0.3, 0.4) is 0 Å². The fourth-order valence-corrected chi connectivity index (χ4v) is 3.92. The van der Waals surface area contributed by atoms with Crippen molar-refractivity contribution in [1.82, 2.24) is 19.7 Å². The Bertz CT molecular complexity index is 901. The van der Waals surface area contributed by atoms with Crippen LogP contribution in [-0.4, -0.2) is 38.7 Å². The minimum absolute atomic E-state index is 0.0131. The van der Waals surface area contributed by atoms with E-state index in [-0.39, 0.29) is 5.91 Å². The number of amides is 1. The second-order valence-corrected chi connectivity index (χ2v) is 7.19. The zero-order chi connectivity index (χ0) is 17.9. The van der Waals surface area contributed by atoms with Gasteiger partial charge in [0.15, 0.2) is 0 Å². The molecule has 0 aliphatic carbocycles. The molecule has 0 saturated carbocycles. The summed E-state index contributed by atoms with van der Waals surface area (Å²) >= 11 is 6.37. The lowest BCUT2D eigenvalue weighted by atomic mass is 9.93. The van der Waals surface area contributed by atoms with Crippen molar-refractivity contribution < 1.29 is 4.79 Å². The van der Waals surface area contributed by atoms with Crippen molar-refractivity contribution in [3.63, 3.8) is 0 Å². The highest BCUT2D eigenvalue weighted by atomic mass is 35.5. The first kappa shape index (κ1) is 17.0. The zero-order valence-corrected chi connectivity index (χ0v) is 15.3. The van der Waals surface area contributed by atoms with Crippen LogP contribution in [0.4, 0.5) is 0 Å². The van der Waals surface area contributed by atoms with Crippen molar-refractivity contribution in [3.8, 4) is 0 Å². The molecule has 1 amide bonds. The number of halogens is 1. The molecule has 0 N–H and O–H groups in total. The monoisotopic (exact) mass is 368 g/mol. The van der Waals surface area contributed by atoms with Gasteiger partial charge < -0.3 is 4.90 Å². The summed E-state index contributed by atoms with van der Waals surface area (Å²) in [6, 6.07) is 9.33. The van der Waals surface area contributed by atoms with E-state index in [4.69, 9.17) is 11.6 Å². The number of fused-ring (bicyclic) bond motifs is 1. The Hall–Kier alpha value is -2.40.